The number of carbonyl (C=O) groups excluding carboxylic acids is 1. The molecule has 11 heteroatoms. The average Bonchev–Trinajstić information content (AvgIpc) is 3.11. The molecule has 3 aliphatic rings. The van der Waals surface area contributed by atoms with Crippen molar-refractivity contribution in [1.29, 1.82) is 0 Å². The van der Waals surface area contributed by atoms with E-state index in [0.717, 1.165) is 11.1 Å². The van der Waals surface area contributed by atoms with E-state index in [2.05, 4.69) is 10.6 Å². The molecule has 0 aromatic heterocycles. The largest absolute Gasteiger partial charge is 0.388 e. The van der Waals surface area contributed by atoms with Crippen LogP contribution in [0.15, 0.2) is 30.3 Å². The summed E-state index contributed by atoms with van der Waals surface area (Å²) in [4.78, 5) is 13.3. The molecule has 3 heterocycles. The maximum atomic E-state index is 13.7. The van der Waals surface area contributed by atoms with Crippen LogP contribution in [0.4, 0.5) is 4.39 Å². The first-order valence-corrected chi connectivity index (χ1v) is 13.4. The molecule has 5 N–H and O–H groups in total. The van der Waals surface area contributed by atoms with E-state index in [9.17, 15) is 24.5 Å². The topological polar surface area (TPSA) is 120 Å². The monoisotopic (exact) mass is 530 g/mol. The molecule has 0 aliphatic carbocycles. The number of ether oxygens (including phenoxy) is 2. The van der Waals surface area contributed by atoms with Crippen LogP contribution in [0.3, 0.4) is 0 Å². The Morgan fingerprint density at radius 1 is 1.29 bits per heavy atom. The molecule has 35 heavy (non-hydrogen) atoms. The maximum absolute atomic E-state index is 13.7. The summed E-state index contributed by atoms with van der Waals surface area (Å²) >= 11 is 7.57. The number of hydrogen-bond donors (Lipinski definition) is 5. The lowest BCUT2D eigenvalue weighted by Crippen LogP contribution is -2.65. The van der Waals surface area contributed by atoms with E-state index in [4.69, 9.17) is 21.1 Å². The highest BCUT2D eigenvalue weighted by Crippen LogP contribution is 2.32. The molecule has 2 saturated heterocycles. The second-order valence-corrected chi connectivity index (χ2v) is 10.9. The van der Waals surface area contributed by atoms with E-state index in [1.54, 1.807) is 19.2 Å². The second-order valence-electron chi connectivity index (χ2n) is 9.23. The number of carbonyl (C=O) groups is 1. The molecule has 0 saturated carbocycles. The van der Waals surface area contributed by atoms with Gasteiger partial charge < -0.3 is 35.4 Å². The van der Waals surface area contributed by atoms with Crippen LogP contribution in [0.5, 0.6) is 0 Å². The third-order valence-corrected chi connectivity index (χ3v) is 8.02. The summed E-state index contributed by atoms with van der Waals surface area (Å²) in [6, 6.07) is 4.92. The number of benzene rings is 1. The molecule has 2 fully saturated rings. The first kappa shape index (κ1) is 26.8. The summed E-state index contributed by atoms with van der Waals surface area (Å²) in [5, 5.41) is 36.5. The smallest absolute Gasteiger partial charge is 0.240 e. The SMILES string of the molecule is CSC1O[C@H]([C@H](NC(=O)[C@H]2NC[C@@H]3C=C(c4cccc(F)c4)CCO[C@@H]23)[C@H](C)Cl)C(O)[C@@H](O)[C@H]1O. The van der Waals surface area contributed by atoms with Crippen LogP contribution in [-0.4, -0.2) is 94.1 Å². The molecule has 0 bridgehead atoms. The second kappa shape index (κ2) is 11.4. The van der Waals surface area contributed by atoms with Gasteiger partial charge in [0.15, 0.2) is 0 Å². The summed E-state index contributed by atoms with van der Waals surface area (Å²) in [5.41, 5.74) is 0.992. The minimum absolute atomic E-state index is 0.0900. The van der Waals surface area contributed by atoms with Gasteiger partial charge in [0.25, 0.3) is 0 Å². The van der Waals surface area contributed by atoms with E-state index in [1.807, 2.05) is 12.1 Å². The summed E-state index contributed by atoms with van der Waals surface area (Å²) in [7, 11) is 0. The fourth-order valence-electron chi connectivity index (χ4n) is 5.01. The van der Waals surface area contributed by atoms with Gasteiger partial charge in [-0.3, -0.25) is 4.79 Å². The molecular formula is C24H32ClFN2O6S. The maximum Gasteiger partial charge on any atom is 0.240 e. The third kappa shape index (κ3) is 5.70. The van der Waals surface area contributed by atoms with Crippen molar-refractivity contribution in [3.63, 3.8) is 0 Å². The Morgan fingerprint density at radius 2 is 2.06 bits per heavy atom. The van der Waals surface area contributed by atoms with Crippen LogP contribution >= 0.6 is 23.4 Å². The molecule has 1 aromatic rings. The molecule has 2 unspecified atom stereocenters. The number of fused-ring (bicyclic) bond motifs is 1. The number of rotatable bonds is 6. The molecule has 194 valence electrons. The van der Waals surface area contributed by atoms with Gasteiger partial charge in [-0.25, -0.2) is 4.39 Å². The normalized spacial score (nSPS) is 37.1. The predicted molar refractivity (Wildman–Crippen MR) is 131 cm³/mol. The van der Waals surface area contributed by atoms with Crippen molar-refractivity contribution in [2.45, 2.75) is 66.8 Å². The van der Waals surface area contributed by atoms with Gasteiger partial charge in [0.1, 0.15) is 41.7 Å². The summed E-state index contributed by atoms with van der Waals surface area (Å²) < 4.78 is 25.6. The number of halogens is 2. The van der Waals surface area contributed by atoms with Crippen LogP contribution in [0, 0.1) is 11.7 Å². The average molecular weight is 531 g/mol. The molecule has 10 atom stereocenters. The Bertz CT molecular complexity index is 937. The van der Waals surface area contributed by atoms with Gasteiger partial charge >= 0.3 is 0 Å². The minimum Gasteiger partial charge on any atom is -0.388 e. The lowest BCUT2D eigenvalue weighted by Gasteiger charge is -2.44. The Hall–Kier alpha value is -1.24. The molecule has 4 rings (SSSR count). The first-order chi connectivity index (χ1) is 16.7. The van der Waals surface area contributed by atoms with Crippen molar-refractivity contribution in [2.75, 3.05) is 19.4 Å². The van der Waals surface area contributed by atoms with Gasteiger partial charge in [-0.15, -0.1) is 23.4 Å². The Balaban J connectivity index is 1.48. The van der Waals surface area contributed by atoms with Gasteiger partial charge in [-0.1, -0.05) is 18.2 Å². The van der Waals surface area contributed by atoms with E-state index >= 15 is 0 Å². The number of hydrogen-bond acceptors (Lipinski definition) is 8. The number of thioether (sulfide) groups is 1. The zero-order valence-electron chi connectivity index (χ0n) is 19.5. The molecule has 1 aromatic carbocycles. The van der Waals surface area contributed by atoms with Gasteiger partial charge in [0.05, 0.1) is 24.1 Å². The number of aliphatic hydroxyl groups is 3. The van der Waals surface area contributed by atoms with Gasteiger partial charge in [-0.2, -0.15) is 0 Å². The fraction of sp³-hybridized carbons (Fsp3) is 0.625. The molecule has 1 amide bonds. The lowest BCUT2D eigenvalue weighted by atomic mass is 9.92. The first-order valence-electron chi connectivity index (χ1n) is 11.7. The number of amides is 1. The van der Waals surface area contributed by atoms with Gasteiger partial charge in [0, 0.05) is 12.5 Å². The highest BCUT2D eigenvalue weighted by molar-refractivity contribution is 7.99. The number of alkyl halides is 1. The van der Waals surface area contributed by atoms with Crippen LogP contribution < -0.4 is 10.6 Å². The van der Waals surface area contributed by atoms with Crippen LogP contribution in [0.25, 0.3) is 5.57 Å². The van der Waals surface area contributed by atoms with Gasteiger partial charge in [0.2, 0.25) is 5.91 Å². The van der Waals surface area contributed by atoms with Crippen LogP contribution in [-0.2, 0) is 14.3 Å². The fourth-order valence-corrected chi connectivity index (χ4v) is 5.90. The minimum atomic E-state index is -1.44. The molecule has 8 nitrogen and oxygen atoms in total. The molecule has 0 spiro atoms. The predicted octanol–water partition coefficient (Wildman–Crippen LogP) is 0.869. The van der Waals surface area contributed by atoms with E-state index < -0.39 is 53.4 Å². The van der Waals surface area contributed by atoms with Crippen molar-refractivity contribution in [3.05, 3.63) is 41.7 Å². The van der Waals surface area contributed by atoms with E-state index in [1.165, 1.54) is 23.9 Å². The Morgan fingerprint density at radius 3 is 2.74 bits per heavy atom. The van der Waals surface area contributed by atoms with Crippen molar-refractivity contribution in [3.8, 4) is 0 Å². The standard InChI is InChI=1S/C24H32ClFN2O6S/c1-11(25)16(22-19(30)18(29)20(31)24(34-22)35-2)28-23(32)17-21-14(10-27-17)8-13(6-7-33-21)12-4-3-5-15(26)9-12/h3-5,8-9,11,14,16-22,24,27,29-31H,6-7,10H2,1-2H3,(H,28,32)/t11-,14-,16+,17-,18+,19?,20+,21+,22+,24?/m0/s1. The number of nitrogens with one attached hydrogen (secondary N) is 2. The third-order valence-electron chi connectivity index (χ3n) is 6.90. The highest BCUT2D eigenvalue weighted by Gasteiger charge is 2.49. The van der Waals surface area contributed by atoms with Crippen molar-refractivity contribution >= 4 is 34.8 Å². The van der Waals surface area contributed by atoms with E-state index in [0.29, 0.717) is 19.6 Å². The highest BCUT2D eigenvalue weighted by atomic mass is 35.5. The van der Waals surface area contributed by atoms with Crippen molar-refractivity contribution < 1.29 is 34.0 Å². The summed E-state index contributed by atoms with van der Waals surface area (Å²) in [6.07, 6.45) is -1.24. The Labute approximate surface area is 213 Å². The van der Waals surface area contributed by atoms with Crippen LogP contribution in [0.2, 0.25) is 0 Å². The lowest BCUT2D eigenvalue weighted by molar-refractivity contribution is -0.205. The molecule has 3 aliphatic heterocycles. The molecule has 0 radical (unpaired) electrons. The zero-order valence-corrected chi connectivity index (χ0v) is 21.1. The van der Waals surface area contributed by atoms with Crippen molar-refractivity contribution in [2.24, 2.45) is 5.92 Å². The summed E-state index contributed by atoms with van der Waals surface area (Å²) in [6.45, 7) is 2.55. The van der Waals surface area contributed by atoms with Crippen molar-refractivity contribution in [1.82, 2.24) is 10.6 Å². The van der Waals surface area contributed by atoms with Crippen LogP contribution in [0.1, 0.15) is 18.9 Å². The Kier molecular flexibility index (Phi) is 8.76. The zero-order chi connectivity index (χ0) is 25.3. The quantitative estimate of drug-likeness (QED) is 0.344. The molecular weight excluding hydrogens is 499 g/mol. The van der Waals surface area contributed by atoms with E-state index in [-0.39, 0.29) is 17.6 Å². The van der Waals surface area contributed by atoms with Gasteiger partial charge in [-0.05, 0) is 42.9 Å². The number of aliphatic hydroxyl groups excluding tert-OH is 3. The summed E-state index contributed by atoms with van der Waals surface area (Å²) in [5.74, 6) is -0.760.